The highest BCUT2D eigenvalue weighted by Gasteiger charge is 2.24. The third-order valence-corrected chi connectivity index (χ3v) is 5.94. The molecule has 0 bridgehead atoms. The molecule has 0 spiro atoms. The smallest absolute Gasteiger partial charge is 0.257 e. The lowest BCUT2D eigenvalue weighted by Gasteiger charge is -2.30. The lowest BCUT2D eigenvalue weighted by atomic mass is 9.97. The van der Waals surface area contributed by atoms with Gasteiger partial charge in [-0.2, -0.15) is 5.26 Å². The Morgan fingerprint density at radius 3 is 2.61 bits per heavy atom. The maximum absolute atomic E-state index is 13.6. The molecule has 5 nitrogen and oxygen atoms in total. The molecule has 0 atom stereocenters. The Hall–Kier alpha value is -3.75. The van der Waals surface area contributed by atoms with Gasteiger partial charge in [-0.05, 0) is 47.4 Å². The lowest BCUT2D eigenvalue weighted by molar-refractivity contribution is 0.244. The molecule has 0 amide bonds. The van der Waals surface area contributed by atoms with Crippen LogP contribution in [0.3, 0.4) is 0 Å². The highest BCUT2D eigenvalue weighted by Crippen LogP contribution is 2.25. The van der Waals surface area contributed by atoms with E-state index in [4.69, 9.17) is 0 Å². The molecule has 0 N–H and O–H groups in total. The van der Waals surface area contributed by atoms with Gasteiger partial charge in [0.1, 0.15) is 5.65 Å². The Balaban J connectivity index is 1.54. The fraction of sp³-hybridized carbons (Fsp3) is 0.192. The van der Waals surface area contributed by atoms with Crippen LogP contribution in [0.15, 0.2) is 77.7 Å². The first kappa shape index (κ1) is 19.2. The van der Waals surface area contributed by atoms with Gasteiger partial charge in [-0.3, -0.25) is 14.3 Å². The van der Waals surface area contributed by atoms with E-state index in [9.17, 15) is 10.1 Å². The zero-order valence-corrected chi connectivity index (χ0v) is 17.2. The first-order valence-electron chi connectivity index (χ1n) is 10.5. The molecule has 0 fully saturated rings. The van der Waals surface area contributed by atoms with Crippen molar-refractivity contribution in [2.75, 3.05) is 6.54 Å². The summed E-state index contributed by atoms with van der Waals surface area (Å²) in [7, 11) is 0. The largest absolute Gasteiger partial charge is 0.294 e. The van der Waals surface area contributed by atoms with Crippen molar-refractivity contribution in [3.63, 3.8) is 0 Å². The van der Waals surface area contributed by atoms with Crippen LogP contribution in [0.25, 0.3) is 11.0 Å². The summed E-state index contributed by atoms with van der Waals surface area (Å²) < 4.78 is 1.81. The van der Waals surface area contributed by atoms with Gasteiger partial charge in [-0.1, -0.05) is 42.5 Å². The molecule has 2 aromatic heterocycles. The Bertz CT molecular complexity index is 1350. The number of aromatic nitrogens is 2. The average Bonchev–Trinajstić information content (AvgIpc) is 2.82. The van der Waals surface area contributed by atoms with Crippen LogP contribution in [0.1, 0.15) is 27.8 Å². The van der Waals surface area contributed by atoms with Crippen LogP contribution in [0.4, 0.5) is 0 Å². The van der Waals surface area contributed by atoms with Gasteiger partial charge in [0.15, 0.2) is 0 Å². The Labute approximate surface area is 180 Å². The molecule has 0 saturated carbocycles. The Morgan fingerprint density at radius 2 is 1.77 bits per heavy atom. The van der Waals surface area contributed by atoms with Crippen LogP contribution in [0.2, 0.25) is 0 Å². The van der Waals surface area contributed by atoms with E-state index < -0.39 is 0 Å². The monoisotopic (exact) mass is 406 g/mol. The van der Waals surface area contributed by atoms with Crippen molar-refractivity contribution in [1.29, 1.82) is 5.26 Å². The van der Waals surface area contributed by atoms with E-state index in [1.807, 2.05) is 65.2 Å². The second-order valence-electron chi connectivity index (χ2n) is 7.98. The quantitative estimate of drug-likeness (QED) is 0.516. The molecule has 0 saturated heterocycles. The van der Waals surface area contributed by atoms with Gasteiger partial charge in [0.25, 0.3) is 5.56 Å². The van der Waals surface area contributed by atoms with Crippen molar-refractivity contribution in [3.05, 3.63) is 111 Å². The molecule has 1 aliphatic rings. The minimum Gasteiger partial charge on any atom is -0.294 e. The number of fused-ring (bicyclic) bond motifs is 3. The van der Waals surface area contributed by atoms with Crippen molar-refractivity contribution in [3.8, 4) is 6.07 Å². The number of rotatable bonds is 4. The summed E-state index contributed by atoms with van der Waals surface area (Å²) in [4.78, 5) is 20.4. The van der Waals surface area contributed by atoms with Gasteiger partial charge in [0.2, 0.25) is 0 Å². The first-order valence-corrected chi connectivity index (χ1v) is 10.5. The molecule has 0 aliphatic carbocycles. The van der Waals surface area contributed by atoms with Gasteiger partial charge in [-0.15, -0.1) is 0 Å². The third-order valence-electron chi connectivity index (χ3n) is 5.94. The fourth-order valence-corrected chi connectivity index (χ4v) is 4.46. The molecule has 4 aromatic rings. The Kier molecular flexibility index (Phi) is 5.07. The third kappa shape index (κ3) is 3.74. The number of nitrogens with zero attached hydrogens (tertiary/aromatic N) is 4. The normalized spacial score (nSPS) is 13.6. The van der Waals surface area contributed by atoms with Gasteiger partial charge in [0, 0.05) is 36.8 Å². The Morgan fingerprint density at radius 1 is 0.935 bits per heavy atom. The molecule has 5 heteroatoms. The molecule has 0 radical (unpaired) electrons. The fourth-order valence-electron chi connectivity index (χ4n) is 4.46. The van der Waals surface area contributed by atoms with Gasteiger partial charge in [0.05, 0.1) is 18.2 Å². The number of nitriles is 1. The zero-order valence-electron chi connectivity index (χ0n) is 17.2. The summed E-state index contributed by atoms with van der Waals surface area (Å²) in [6, 6.07) is 24.0. The maximum atomic E-state index is 13.6. The summed E-state index contributed by atoms with van der Waals surface area (Å²) >= 11 is 0. The predicted molar refractivity (Wildman–Crippen MR) is 121 cm³/mol. The summed E-state index contributed by atoms with van der Waals surface area (Å²) in [6.07, 6.45) is 2.57. The SMILES string of the molecule is N#Cc1cccc(CN2CCc3c(c(=O)n(Cc4ccccc4)c4ncccc34)C2)c1. The molecular weight excluding hydrogens is 384 g/mol. The van der Waals surface area contributed by atoms with Gasteiger partial charge >= 0.3 is 0 Å². The number of benzene rings is 2. The zero-order chi connectivity index (χ0) is 21.2. The van der Waals surface area contributed by atoms with E-state index >= 15 is 0 Å². The average molecular weight is 406 g/mol. The van der Waals surface area contributed by atoms with Crippen LogP contribution in [-0.2, 0) is 26.1 Å². The van der Waals surface area contributed by atoms with Crippen molar-refractivity contribution in [2.45, 2.75) is 26.1 Å². The highest BCUT2D eigenvalue weighted by molar-refractivity contribution is 5.80. The summed E-state index contributed by atoms with van der Waals surface area (Å²) in [6.45, 7) is 2.70. The van der Waals surface area contributed by atoms with E-state index in [0.29, 0.717) is 18.7 Å². The lowest BCUT2D eigenvalue weighted by Crippen LogP contribution is -2.37. The predicted octanol–water partition coefficient (Wildman–Crippen LogP) is 3.87. The van der Waals surface area contributed by atoms with Crippen LogP contribution < -0.4 is 5.56 Å². The van der Waals surface area contributed by atoms with Crippen molar-refractivity contribution in [2.24, 2.45) is 0 Å². The second kappa shape index (κ2) is 8.17. The van der Waals surface area contributed by atoms with E-state index in [1.54, 1.807) is 6.20 Å². The standard InChI is InChI=1S/C26H22N4O/c27-15-20-8-4-9-21(14-20)16-29-13-11-22-23-10-5-12-28-25(23)30(26(31)24(22)18-29)17-19-6-2-1-3-7-19/h1-10,12,14H,11,13,16-18H2. The van der Waals surface area contributed by atoms with E-state index in [-0.39, 0.29) is 5.56 Å². The summed E-state index contributed by atoms with van der Waals surface area (Å²) in [5.41, 5.74) is 5.62. The summed E-state index contributed by atoms with van der Waals surface area (Å²) in [5.74, 6) is 0. The van der Waals surface area contributed by atoms with Crippen molar-refractivity contribution < 1.29 is 0 Å². The van der Waals surface area contributed by atoms with Gasteiger partial charge < -0.3 is 0 Å². The minimum absolute atomic E-state index is 0.0422. The van der Waals surface area contributed by atoms with E-state index in [1.165, 1.54) is 0 Å². The number of hydrogen-bond donors (Lipinski definition) is 0. The molecular formula is C26H22N4O. The van der Waals surface area contributed by atoms with Crippen molar-refractivity contribution >= 4 is 11.0 Å². The molecule has 1 aliphatic heterocycles. The van der Waals surface area contributed by atoms with Crippen LogP contribution in [0.5, 0.6) is 0 Å². The summed E-state index contributed by atoms with van der Waals surface area (Å²) in [5, 5.41) is 10.2. The molecule has 2 aromatic carbocycles. The van der Waals surface area contributed by atoms with E-state index in [0.717, 1.165) is 52.8 Å². The topological polar surface area (TPSA) is 61.9 Å². The first-order chi connectivity index (χ1) is 15.2. The molecule has 0 unspecified atom stereocenters. The van der Waals surface area contributed by atoms with Gasteiger partial charge in [-0.25, -0.2) is 4.98 Å². The molecule has 5 rings (SSSR count). The van der Waals surface area contributed by atoms with E-state index in [2.05, 4.69) is 22.0 Å². The van der Waals surface area contributed by atoms with Crippen LogP contribution in [0, 0.1) is 11.3 Å². The second-order valence-corrected chi connectivity index (χ2v) is 7.98. The highest BCUT2D eigenvalue weighted by atomic mass is 16.1. The van der Waals surface area contributed by atoms with Crippen molar-refractivity contribution in [1.82, 2.24) is 14.5 Å². The number of pyridine rings is 2. The molecule has 31 heavy (non-hydrogen) atoms. The minimum atomic E-state index is 0.0422. The number of hydrogen-bond acceptors (Lipinski definition) is 4. The van der Waals surface area contributed by atoms with Crippen LogP contribution >= 0.6 is 0 Å². The van der Waals surface area contributed by atoms with Crippen LogP contribution in [-0.4, -0.2) is 21.0 Å². The molecule has 152 valence electrons. The molecule has 3 heterocycles. The maximum Gasteiger partial charge on any atom is 0.257 e.